The number of aromatic nitrogens is 2. The fourth-order valence-electron chi connectivity index (χ4n) is 1.35. The summed E-state index contributed by atoms with van der Waals surface area (Å²) in [4.78, 5) is 37.8. The lowest BCUT2D eigenvalue weighted by Gasteiger charge is -1.99. The van der Waals surface area contributed by atoms with Crippen molar-refractivity contribution in [1.29, 1.82) is 0 Å². The minimum Gasteiger partial charge on any atom is -0.475 e. The molecule has 82 valence electrons. The summed E-state index contributed by atoms with van der Waals surface area (Å²) in [6, 6.07) is 2.79. The van der Waals surface area contributed by atoms with Crippen LogP contribution in [-0.4, -0.2) is 26.8 Å². The zero-order valence-electron chi connectivity index (χ0n) is 7.70. The smallest absolute Gasteiger partial charge is 0.377 e. The van der Waals surface area contributed by atoms with E-state index in [0.717, 1.165) is 0 Å². The van der Waals surface area contributed by atoms with Crippen molar-refractivity contribution in [2.75, 3.05) is 0 Å². The maximum absolute atomic E-state index is 11.3. The molecule has 16 heavy (non-hydrogen) atoms. The van der Waals surface area contributed by atoms with Gasteiger partial charge in [0, 0.05) is 10.0 Å². The average Bonchev–Trinajstić information content (AvgIpc) is 2.54. The van der Waals surface area contributed by atoms with Gasteiger partial charge in [-0.1, -0.05) is 0 Å². The lowest BCUT2D eigenvalue weighted by molar-refractivity contribution is -0.131. The van der Waals surface area contributed by atoms with Crippen LogP contribution in [-0.2, 0) is 4.79 Å². The molecule has 0 unspecified atom stereocenters. The molecule has 0 amide bonds. The molecule has 0 saturated heterocycles. The van der Waals surface area contributed by atoms with Crippen molar-refractivity contribution in [3.63, 3.8) is 0 Å². The van der Waals surface area contributed by atoms with E-state index in [0.29, 0.717) is 15.5 Å². The lowest BCUT2D eigenvalue weighted by atomic mass is 10.1. The predicted octanol–water partition coefficient (Wildman–Crippen LogP) is 0.886. The van der Waals surface area contributed by atoms with Gasteiger partial charge in [-0.05, 0) is 28.1 Å². The summed E-state index contributed by atoms with van der Waals surface area (Å²) in [6.45, 7) is 0. The highest BCUT2D eigenvalue weighted by Gasteiger charge is 2.18. The first kappa shape index (κ1) is 10.6. The normalized spacial score (nSPS) is 10.6. The van der Waals surface area contributed by atoms with Crippen molar-refractivity contribution in [1.82, 2.24) is 9.97 Å². The Morgan fingerprint density at radius 2 is 1.75 bits per heavy atom. The number of carbonyl (C=O) groups excluding carboxylic acids is 1. The largest absolute Gasteiger partial charge is 0.475 e. The first-order valence-electron chi connectivity index (χ1n) is 4.18. The minimum absolute atomic E-state index is 0.00440. The van der Waals surface area contributed by atoms with Gasteiger partial charge >= 0.3 is 11.7 Å². The number of aliphatic carboxylic acids is 1. The number of carboxylic acids is 1. The van der Waals surface area contributed by atoms with Gasteiger partial charge < -0.3 is 15.1 Å². The zero-order chi connectivity index (χ0) is 11.9. The summed E-state index contributed by atoms with van der Waals surface area (Å²) < 4.78 is 0.322. The molecule has 0 fully saturated rings. The highest BCUT2D eigenvalue weighted by molar-refractivity contribution is 9.10. The number of benzene rings is 1. The molecule has 0 bridgehead atoms. The maximum Gasteiger partial charge on any atom is 0.377 e. The highest BCUT2D eigenvalue weighted by Crippen LogP contribution is 2.22. The number of hydrogen-bond acceptors (Lipinski definition) is 3. The third kappa shape index (κ3) is 1.65. The van der Waals surface area contributed by atoms with E-state index in [1.165, 1.54) is 12.1 Å². The van der Waals surface area contributed by atoms with Crippen molar-refractivity contribution in [2.45, 2.75) is 0 Å². The van der Waals surface area contributed by atoms with Crippen molar-refractivity contribution >= 4 is 38.7 Å². The molecular weight excluding hydrogens is 280 g/mol. The van der Waals surface area contributed by atoms with Crippen LogP contribution in [0.25, 0.3) is 11.0 Å². The van der Waals surface area contributed by atoms with Crippen molar-refractivity contribution in [3.05, 3.63) is 32.7 Å². The third-order valence-electron chi connectivity index (χ3n) is 2.04. The van der Waals surface area contributed by atoms with Crippen LogP contribution in [0.2, 0.25) is 0 Å². The van der Waals surface area contributed by atoms with Gasteiger partial charge in [-0.25, -0.2) is 9.59 Å². The molecule has 3 N–H and O–H groups in total. The number of halogens is 1. The van der Waals surface area contributed by atoms with Crippen LogP contribution in [0.3, 0.4) is 0 Å². The predicted molar refractivity (Wildman–Crippen MR) is 58.6 cm³/mol. The number of rotatable bonds is 2. The number of imidazole rings is 1. The maximum atomic E-state index is 11.3. The monoisotopic (exact) mass is 284 g/mol. The molecule has 0 aliphatic rings. The zero-order valence-corrected chi connectivity index (χ0v) is 9.29. The van der Waals surface area contributed by atoms with Crippen LogP contribution < -0.4 is 5.69 Å². The van der Waals surface area contributed by atoms with Crippen LogP contribution >= 0.6 is 15.9 Å². The Labute approximate surface area is 96.4 Å². The van der Waals surface area contributed by atoms with E-state index >= 15 is 0 Å². The summed E-state index contributed by atoms with van der Waals surface area (Å²) >= 11 is 3.08. The molecule has 0 radical (unpaired) electrons. The first-order chi connectivity index (χ1) is 7.49. The van der Waals surface area contributed by atoms with Crippen LogP contribution in [0.15, 0.2) is 21.4 Å². The number of ketones is 1. The van der Waals surface area contributed by atoms with E-state index in [-0.39, 0.29) is 5.56 Å². The molecule has 2 aromatic rings. The number of fused-ring (bicyclic) bond motifs is 1. The van der Waals surface area contributed by atoms with Crippen LogP contribution in [0.1, 0.15) is 10.4 Å². The third-order valence-corrected chi connectivity index (χ3v) is 2.70. The Hall–Kier alpha value is -1.89. The van der Waals surface area contributed by atoms with E-state index in [2.05, 4.69) is 25.9 Å². The molecular formula is C9H5BrN2O4. The number of nitrogens with one attached hydrogen (secondary N) is 2. The molecule has 1 aromatic heterocycles. The fourth-order valence-corrected chi connectivity index (χ4v) is 1.87. The number of Topliss-reactive ketones (excluding diaryl/α,β-unsaturated/α-hetero) is 1. The minimum atomic E-state index is -1.54. The number of H-pyrrole nitrogens is 2. The summed E-state index contributed by atoms with van der Waals surface area (Å²) in [5.41, 5.74) is 0.466. The molecule has 0 saturated carbocycles. The Bertz CT molecular complexity index is 655. The first-order valence-corrected chi connectivity index (χ1v) is 4.97. The van der Waals surface area contributed by atoms with E-state index in [1.807, 2.05) is 0 Å². The van der Waals surface area contributed by atoms with Crippen LogP contribution in [0, 0.1) is 0 Å². The van der Waals surface area contributed by atoms with Gasteiger partial charge in [0.1, 0.15) is 0 Å². The fraction of sp³-hybridized carbons (Fsp3) is 0. The van der Waals surface area contributed by atoms with Gasteiger partial charge in [-0.3, -0.25) is 4.79 Å². The van der Waals surface area contributed by atoms with E-state index in [1.54, 1.807) is 0 Å². The van der Waals surface area contributed by atoms with E-state index in [9.17, 15) is 14.4 Å². The molecule has 1 heterocycles. The molecule has 0 spiro atoms. The van der Waals surface area contributed by atoms with Gasteiger partial charge in [0.2, 0.25) is 0 Å². The van der Waals surface area contributed by atoms with Crippen LogP contribution in [0.5, 0.6) is 0 Å². The molecule has 1 aromatic carbocycles. The summed E-state index contributed by atoms with van der Waals surface area (Å²) in [7, 11) is 0. The van der Waals surface area contributed by atoms with Crippen molar-refractivity contribution < 1.29 is 14.7 Å². The van der Waals surface area contributed by atoms with Crippen molar-refractivity contribution in [2.24, 2.45) is 0 Å². The standard InChI is InChI=1S/C9H5BrN2O4/c10-4-2-6-5(11-9(16)12-6)1-3(4)7(13)8(14)15/h1-2H,(H,14,15)(H2,11,12,16). The van der Waals surface area contributed by atoms with Gasteiger partial charge in [-0.15, -0.1) is 0 Å². The Morgan fingerprint density at radius 3 is 2.31 bits per heavy atom. The molecule has 0 aliphatic carbocycles. The van der Waals surface area contributed by atoms with Gasteiger partial charge in [-0.2, -0.15) is 0 Å². The molecule has 6 nitrogen and oxygen atoms in total. The van der Waals surface area contributed by atoms with E-state index < -0.39 is 17.4 Å². The number of hydrogen-bond donors (Lipinski definition) is 3. The number of carboxylic acid groups (broad SMARTS) is 1. The van der Waals surface area contributed by atoms with Crippen LogP contribution in [0.4, 0.5) is 0 Å². The van der Waals surface area contributed by atoms with Crippen molar-refractivity contribution in [3.8, 4) is 0 Å². The average molecular weight is 285 g/mol. The van der Waals surface area contributed by atoms with Gasteiger partial charge in [0.15, 0.2) is 0 Å². The quantitative estimate of drug-likeness (QED) is 0.563. The molecule has 2 rings (SSSR count). The Balaban J connectivity index is 2.71. The Morgan fingerprint density at radius 1 is 1.19 bits per heavy atom. The number of carbonyl (C=O) groups is 2. The number of aromatic amines is 2. The summed E-state index contributed by atoms with van der Waals surface area (Å²) in [5, 5.41) is 8.59. The SMILES string of the molecule is O=C(O)C(=O)c1cc2[nH]c(=O)[nH]c2cc1Br. The summed E-state index contributed by atoms with van der Waals surface area (Å²) in [5.74, 6) is -2.58. The molecule has 0 atom stereocenters. The lowest BCUT2D eigenvalue weighted by Crippen LogP contribution is -2.13. The molecule has 0 aliphatic heterocycles. The van der Waals surface area contributed by atoms with Gasteiger partial charge in [0.05, 0.1) is 11.0 Å². The second kappa shape index (κ2) is 3.60. The highest BCUT2D eigenvalue weighted by atomic mass is 79.9. The second-order valence-corrected chi connectivity index (χ2v) is 3.95. The topological polar surface area (TPSA) is 103 Å². The van der Waals surface area contributed by atoms with E-state index in [4.69, 9.17) is 5.11 Å². The summed E-state index contributed by atoms with van der Waals surface area (Å²) in [6.07, 6.45) is 0. The van der Waals surface area contributed by atoms with Gasteiger partial charge in [0.25, 0.3) is 5.78 Å². The molecule has 7 heteroatoms. The second-order valence-electron chi connectivity index (χ2n) is 3.09. The Kier molecular flexibility index (Phi) is 2.39.